The number of aryl methyl sites for hydroxylation is 1. The van der Waals surface area contributed by atoms with Gasteiger partial charge in [0.1, 0.15) is 5.82 Å². The van der Waals surface area contributed by atoms with Crippen LogP contribution >= 0.6 is 0 Å². The topological polar surface area (TPSA) is 58.9 Å². The van der Waals surface area contributed by atoms with E-state index in [0.717, 1.165) is 17.6 Å². The number of carbonyl (C=O) groups excluding carboxylic acids is 1. The highest BCUT2D eigenvalue weighted by Gasteiger charge is 2.22. The minimum atomic E-state index is -0.897. The van der Waals surface area contributed by atoms with Gasteiger partial charge in [0.25, 0.3) is 0 Å². The summed E-state index contributed by atoms with van der Waals surface area (Å²) in [7, 11) is 0. The summed E-state index contributed by atoms with van der Waals surface area (Å²) in [5.41, 5.74) is 6.34. The van der Waals surface area contributed by atoms with Gasteiger partial charge >= 0.3 is 0 Å². The summed E-state index contributed by atoms with van der Waals surface area (Å²) in [6.45, 7) is 1.72. The Morgan fingerprint density at radius 1 is 1.19 bits per heavy atom. The number of halogens is 2. The monoisotopic (exact) mass is 286 g/mol. The van der Waals surface area contributed by atoms with Gasteiger partial charge in [-0.25, -0.2) is 8.78 Å². The number of nitrogens with one attached hydrogen (secondary N) is 1. The average Bonchev–Trinajstić information content (AvgIpc) is 2.78. The molecule has 0 aliphatic rings. The van der Waals surface area contributed by atoms with E-state index in [4.69, 9.17) is 5.73 Å². The molecule has 0 bridgehead atoms. The summed E-state index contributed by atoms with van der Waals surface area (Å²) in [5, 5.41) is 0.669. The van der Waals surface area contributed by atoms with Crippen molar-refractivity contribution in [3.63, 3.8) is 0 Å². The number of nitrogens with two attached hydrogens (primary N) is 1. The standard InChI is InChI=1S/C16H12F2N2O/c1-8-14(10-4-2-3-5-13(10)20-8)16(21)11-6-9(17)7-12(19)15(11)18/h2-7,20H,19H2,1H3. The third-order valence-electron chi connectivity index (χ3n) is 3.43. The Balaban J connectivity index is 2.24. The number of hydrogen-bond acceptors (Lipinski definition) is 2. The molecule has 3 nitrogen and oxygen atoms in total. The Morgan fingerprint density at radius 2 is 1.90 bits per heavy atom. The first-order valence-electron chi connectivity index (χ1n) is 6.35. The zero-order chi connectivity index (χ0) is 15.1. The van der Waals surface area contributed by atoms with Crippen molar-refractivity contribution in [3.05, 3.63) is 64.9 Å². The lowest BCUT2D eigenvalue weighted by Gasteiger charge is -2.06. The second-order valence-electron chi connectivity index (χ2n) is 4.86. The number of H-pyrrole nitrogens is 1. The van der Waals surface area contributed by atoms with E-state index in [1.54, 1.807) is 19.1 Å². The SMILES string of the molecule is Cc1[nH]c2ccccc2c1C(=O)c1cc(F)cc(N)c1F. The number of ketones is 1. The number of aromatic amines is 1. The van der Waals surface area contributed by atoms with E-state index < -0.39 is 17.4 Å². The van der Waals surface area contributed by atoms with Crippen LogP contribution in [0.4, 0.5) is 14.5 Å². The molecule has 1 aromatic heterocycles. The van der Waals surface area contributed by atoms with Crippen LogP contribution in [0.3, 0.4) is 0 Å². The Hall–Kier alpha value is -2.69. The van der Waals surface area contributed by atoms with Crippen molar-refractivity contribution in [2.45, 2.75) is 6.92 Å². The van der Waals surface area contributed by atoms with Crippen molar-refractivity contribution in [1.82, 2.24) is 4.98 Å². The molecule has 0 aliphatic heterocycles. The van der Waals surface area contributed by atoms with Crippen molar-refractivity contribution < 1.29 is 13.6 Å². The lowest BCUT2D eigenvalue weighted by Crippen LogP contribution is -2.08. The number of benzene rings is 2. The molecule has 2 aromatic carbocycles. The lowest BCUT2D eigenvalue weighted by molar-refractivity contribution is 0.103. The molecular weight excluding hydrogens is 274 g/mol. The molecular formula is C16H12F2N2O. The van der Waals surface area contributed by atoms with Crippen molar-refractivity contribution in [2.24, 2.45) is 0 Å². The molecule has 3 rings (SSSR count). The third-order valence-corrected chi connectivity index (χ3v) is 3.43. The summed E-state index contributed by atoms with van der Waals surface area (Å²) >= 11 is 0. The maximum Gasteiger partial charge on any atom is 0.198 e. The van der Waals surface area contributed by atoms with Crippen LogP contribution < -0.4 is 5.73 Å². The third kappa shape index (κ3) is 2.07. The molecule has 0 amide bonds. The quantitative estimate of drug-likeness (QED) is 0.559. The fraction of sp³-hybridized carbons (Fsp3) is 0.0625. The number of aromatic nitrogens is 1. The second kappa shape index (κ2) is 4.70. The van der Waals surface area contributed by atoms with Gasteiger partial charge in [-0.05, 0) is 25.1 Å². The molecule has 5 heteroatoms. The Kier molecular flexibility index (Phi) is 2.97. The second-order valence-corrected chi connectivity index (χ2v) is 4.86. The largest absolute Gasteiger partial charge is 0.396 e. The highest BCUT2D eigenvalue weighted by Crippen LogP contribution is 2.27. The highest BCUT2D eigenvalue weighted by atomic mass is 19.1. The smallest absolute Gasteiger partial charge is 0.198 e. The van der Waals surface area contributed by atoms with Gasteiger partial charge in [0, 0.05) is 16.6 Å². The van der Waals surface area contributed by atoms with Gasteiger partial charge in [-0.2, -0.15) is 0 Å². The zero-order valence-electron chi connectivity index (χ0n) is 11.2. The number of rotatable bonds is 2. The van der Waals surface area contributed by atoms with Gasteiger partial charge in [-0.3, -0.25) is 4.79 Å². The predicted octanol–water partition coefficient (Wildman–Crippen LogP) is 3.57. The summed E-state index contributed by atoms with van der Waals surface area (Å²) in [6, 6.07) is 8.90. The summed E-state index contributed by atoms with van der Waals surface area (Å²) in [4.78, 5) is 15.6. The molecule has 21 heavy (non-hydrogen) atoms. The minimum absolute atomic E-state index is 0.328. The molecule has 0 saturated carbocycles. The fourth-order valence-corrected chi connectivity index (χ4v) is 2.48. The van der Waals surface area contributed by atoms with E-state index in [9.17, 15) is 13.6 Å². The molecule has 1 heterocycles. The fourth-order valence-electron chi connectivity index (χ4n) is 2.48. The van der Waals surface area contributed by atoms with E-state index in [1.165, 1.54) is 0 Å². The Bertz CT molecular complexity index is 868. The minimum Gasteiger partial charge on any atom is -0.396 e. The van der Waals surface area contributed by atoms with Crippen LogP contribution in [0.25, 0.3) is 10.9 Å². The molecule has 0 fully saturated rings. The Morgan fingerprint density at radius 3 is 2.67 bits per heavy atom. The van der Waals surface area contributed by atoms with Crippen LogP contribution in [0, 0.1) is 18.6 Å². The van der Waals surface area contributed by atoms with Crippen molar-refractivity contribution in [3.8, 4) is 0 Å². The van der Waals surface area contributed by atoms with E-state index in [0.29, 0.717) is 16.6 Å². The first-order valence-corrected chi connectivity index (χ1v) is 6.35. The summed E-state index contributed by atoms with van der Waals surface area (Å²) < 4.78 is 27.5. The van der Waals surface area contributed by atoms with Gasteiger partial charge in [0.15, 0.2) is 11.6 Å². The molecule has 106 valence electrons. The first-order chi connectivity index (χ1) is 9.99. The number of carbonyl (C=O) groups is 1. The van der Waals surface area contributed by atoms with Crippen LogP contribution in [0.5, 0.6) is 0 Å². The van der Waals surface area contributed by atoms with Crippen LogP contribution in [-0.2, 0) is 0 Å². The summed E-state index contributed by atoms with van der Waals surface area (Å²) in [5.74, 6) is -2.23. The number of anilines is 1. The number of para-hydroxylation sites is 1. The van der Waals surface area contributed by atoms with Crippen LogP contribution in [0.2, 0.25) is 0 Å². The molecule has 0 saturated heterocycles. The van der Waals surface area contributed by atoms with Gasteiger partial charge < -0.3 is 10.7 Å². The van der Waals surface area contributed by atoms with Crippen LogP contribution in [-0.4, -0.2) is 10.8 Å². The number of nitrogen functional groups attached to an aromatic ring is 1. The Labute approximate surface area is 119 Å². The predicted molar refractivity (Wildman–Crippen MR) is 77.2 cm³/mol. The molecule has 3 N–H and O–H groups in total. The molecule has 0 spiro atoms. The van der Waals surface area contributed by atoms with Crippen LogP contribution in [0.1, 0.15) is 21.6 Å². The first kappa shape index (κ1) is 13.3. The van der Waals surface area contributed by atoms with Gasteiger partial charge in [-0.1, -0.05) is 18.2 Å². The molecule has 0 unspecified atom stereocenters. The molecule has 0 radical (unpaired) electrons. The van der Waals surface area contributed by atoms with Gasteiger partial charge in [0.2, 0.25) is 0 Å². The van der Waals surface area contributed by atoms with Gasteiger partial charge in [-0.15, -0.1) is 0 Å². The van der Waals surface area contributed by atoms with Crippen molar-refractivity contribution >= 4 is 22.4 Å². The zero-order valence-corrected chi connectivity index (χ0v) is 11.2. The van der Waals surface area contributed by atoms with E-state index in [-0.39, 0.29) is 11.3 Å². The van der Waals surface area contributed by atoms with Crippen molar-refractivity contribution in [2.75, 3.05) is 5.73 Å². The van der Waals surface area contributed by atoms with E-state index >= 15 is 0 Å². The van der Waals surface area contributed by atoms with Crippen molar-refractivity contribution in [1.29, 1.82) is 0 Å². The molecule has 0 aliphatic carbocycles. The number of hydrogen-bond donors (Lipinski definition) is 2. The average molecular weight is 286 g/mol. The maximum absolute atomic E-state index is 14.0. The lowest BCUT2D eigenvalue weighted by atomic mass is 9.99. The number of fused-ring (bicyclic) bond motifs is 1. The van der Waals surface area contributed by atoms with Crippen LogP contribution in [0.15, 0.2) is 36.4 Å². The highest BCUT2D eigenvalue weighted by molar-refractivity contribution is 6.17. The van der Waals surface area contributed by atoms with E-state index in [1.807, 2.05) is 12.1 Å². The maximum atomic E-state index is 14.0. The normalized spacial score (nSPS) is 11.0. The summed E-state index contributed by atoms with van der Waals surface area (Å²) in [6.07, 6.45) is 0. The molecule has 3 aromatic rings. The van der Waals surface area contributed by atoms with Gasteiger partial charge in [0.05, 0.1) is 16.8 Å². The van der Waals surface area contributed by atoms with E-state index in [2.05, 4.69) is 4.98 Å². The molecule has 0 atom stereocenters.